The molecule has 2 aliphatic rings. The molecule has 0 spiro atoms. The summed E-state index contributed by atoms with van der Waals surface area (Å²) in [6.45, 7) is 1.85. The van der Waals surface area contributed by atoms with Gasteiger partial charge in [-0.05, 0) is 70.7 Å². The minimum absolute atomic E-state index is 0.00630. The third-order valence-electron chi connectivity index (χ3n) is 7.62. The second kappa shape index (κ2) is 10.5. The molecule has 4 nitrogen and oxygen atoms in total. The Balaban J connectivity index is 1.37. The highest BCUT2D eigenvalue weighted by atomic mass is 19.1. The average molecular weight is 490 g/mol. The van der Waals surface area contributed by atoms with E-state index in [1.54, 1.807) is 0 Å². The van der Waals surface area contributed by atoms with Gasteiger partial charge in [-0.3, -0.25) is 4.79 Å². The van der Waals surface area contributed by atoms with Crippen molar-refractivity contribution in [3.8, 4) is 11.1 Å². The fourth-order valence-electron chi connectivity index (χ4n) is 5.91. The van der Waals surface area contributed by atoms with Crippen LogP contribution in [0.4, 0.5) is 8.78 Å². The molecule has 1 saturated carbocycles. The van der Waals surface area contributed by atoms with Gasteiger partial charge in [0, 0.05) is 31.6 Å². The number of amides is 1. The van der Waals surface area contributed by atoms with E-state index in [1.807, 2.05) is 0 Å². The zero-order valence-electron chi connectivity index (χ0n) is 20.6. The molecule has 5 rings (SSSR count). The Kier molecular flexibility index (Phi) is 7.17. The molecular weight excluding hydrogens is 456 g/mol. The monoisotopic (exact) mass is 489 g/mol. The number of nitrogens with two attached hydrogens (primary N) is 1. The zero-order valence-corrected chi connectivity index (χ0v) is 20.6. The zero-order chi connectivity index (χ0) is 25.2. The summed E-state index contributed by atoms with van der Waals surface area (Å²) < 4.78 is 27.5. The van der Waals surface area contributed by atoms with Crippen molar-refractivity contribution in [1.29, 1.82) is 0 Å². The first-order chi connectivity index (χ1) is 17.4. The maximum Gasteiger partial charge on any atom is 0.217 e. The molecule has 188 valence electrons. The lowest BCUT2D eigenvalue weighted by atomic mass is 9.93. The smallest absolute Gasteiger partial charge is 0.217 e. The second-order valence-electron chi connectivity index (χ2n) is 10.2. The molecule has 1 fully saturated rings. The van der Waals surface area contributed by atoms with Gasteiger partial charge >= 0.3 is 0 Å². The van der Waals surface area contributed by atoms with E-state index in [1.165, 1.54) is 72.6 Å². The molecule has 0 aromatic heterocycles. The van der Waals surface area contributed by atoms with Crippen molar-refractivity contribution in [2.75, 3.05) is 6.54 Å². The van der Waals surface area contributed by atoms with Gasteiger partial charge in [0.2, 0.25) is 5.91 Å². The lowest BCUT2D eigenvalue weighted by Crippen LogP contribution is -2.53. The SMILES string of the molecule is CC(=O)N[C@@H](Cc1cc(F)cc(F)c1)[C@H](N)CNC1c2ccccc2-c2ccc(C3CCCC3)cc21. The molecule has 0 aliphatic heterocycles. The number of hydrogen-bond acceptors (Lipinski definition) is 3. The number of benzene rings is 3. The molecule has 1 unspecified atom stereocenters. The van der Waals surface area contributed by atoms with E-state index in [-0.39, 0.29) is 18.4 Å². The number of nitrogens with one attached hydrogen (secondary N) is 2. The highest BCUT2D eigenvalue weighted by Gasteiger charge is 2.31. The summed E-state index contributed by atoms with van der Waals surface area (Å²) in [5.41, 5.74) is 13.4. The van der Waals surface area contributed by atoms with Gasteiger partial charge in [0.1, 0.15) is 11.6 Å². The summed E-state index contributed by atoms with van der Waals surface area (Å²) in [6, 6.07) is 17.8. The maximum atomic E-state index is 13.7. The number of hydrogen-bond donors (Lipinski definition) is 3. The van der Waals surface area contributed by atoms with Crippen LogP contribution in [0.1, 0.15) is 66.8 Å². The molecule has 1 amide bonds. The Morgan fingerprint density at radius 3 is 2.39 bits per heavy atom. The first-order valence-corrected chi connectivity index (χ1v) is 12.8. The van der Waals surface area contributed by atoms with E-state index in [4.69, 9.17) is 5.73 Å². The highest BCUT2D eigenvalue weighted by Crippen LogP contribution is 2.45. The minimum Gasteiger partial charge on any atom is -0.352 e. The quantitative estimate of drug-likeness (QED) is 0.399. The standard InChI is InChI=1S/C30H33F2N3O/c1-18(36)35-29(14-19-12-22(31)16-23(32)13-19)28(33)17-34-30-26-9-5-4-8-24(26)25-11-10-21(15-27(25)30)20-6-2-3-7-20/h4-5,8-13,15-16,20,28-30,34H,2-3,6-7,14,17,33H2,1H3,(H,35,36)/t28-,29+,30?/m1/s1. The fourth-order valence-corrected chi connectivity index (χ4v) is 5.91. The van der Waals surface area contributed by atoms with Crippen molar-refractivity contribution in [2.24, 2.45) is 5.73 Å². The molecular formula is C30H33F2N3O. The van der Waals surface area contributed by atoms with E-state index < -0.39 is 23.7 Å². The van der Waals surface area contributed by atoms with Gasteiger partial charge in [0.15, 0.2) is 0 Å². The lowest BCUT2D eigenvalue weighted by Gasteiger charge is -2.27. The molecule has 2 aliphatic carbocycles. The normalized spacial score (nSPS) is 18.5. The molecule has 3 aromatic rings. The summed E-state index contributed by atoms with van der Waals surface area (Å²) in [7, 11) is 0. The maximum absolute atomic E-state index is 13.7. The Bertz CT molecular complexity index is 1230. The predicted molar refractivity (Wildman–Crippen MR) is 139 cm³/mol. The molecule has 4 N–H and O–H groups in total. The second-order valence-corrected chi connectivity index (χ2v) is 10.2. The van der Waals surface area contributed by atoms with Crippen molar-refractivity contribution in [2.45, 2.75) is 63.1 Å². The van der Waals surface area contributed by atoms with Gasteiger partial charge in [-0.15, -0.1) is 0 Å². The molecule has 6 heteroatoms. The van der Waals surface area contributed by atoms with Crippen LogP contribution in [0.2, 0.25) is 0 Å². The molecule has 36 heavy (non-hydrogen) atoms. The van der Waals surface area contributed by atoms with Crippen LogP contribution >= 0.6 is 0 Å². The lowest BCUT2D eigenvalue weighted by molar-refractivity contribution is -0.119. The Hall–Kier alpha value is -3.09. The summed E-state index contributed by atoms with van der Waals surface area (Å²) in [4.78, 5) is 11.9. The van der Waals surface area contributed by atoms with Crippen LogP contribution in [-0.2, 0) is 11.2 Å². The highest BCUT2D eigenvalue weighted by molar-refractivity contribution is 5.79. The van der Waals surface area contributed by atoms with Crippen LogP contribution in [0.3, 0.4) is 0 Å². The average Bonchev–Trinajstić information content (AvgIpc) is 3.48. The topological polar surface area (TPSA) is 67.2 Å². The van der Waals surface area contributed by atoms with Crippen LogP contribution < -0.4 is 16.4 Å². The first kappa shape index (κ1) is 24.6. The van der Waals surface area contributed by atoms with E-state index in [2.05, 4.69) is 53.1 Å². The Morgan fingerprint density at radius 2 is 1.67 bits per heavy atom. The van der Waals surface area contributed by atoms with Crippen molar-refractivity contribution in [3.05, 3.63) is 94.6 Å². The van der Waals surface area contributed by atoms with Gasteiger partial charge < -0.3 is 16.4 Å². The summed E-state index contributed by atoms with van der Waals surface area (Å²) in [5.74, 6) is -0.895. The van der Waals surface area contributed by atoms with Crippen molar-refractivity contribution in [1.82, 2.24) is 10.6 Å². The predicted octanol–water partition coefficient (Wildman–Crippen LogP) is 5.36. The largest absolute Gasteiger partial charge is 0.352 e. The summed E-state index contributed by atoms with van der Waals surface area (Å²) in [6.07, 6.45) is 5.30. The van der Waals surface area contributed by atoms with E-state index in [9.17, 15) is 13.6 Å². The van der Waals surface area contributed by atoms with Crippen molar-refractivity contribution < 1.29 is 13.6 Å². The fraction of sp³-hybridized carbons (Fsp3) is 0.367. The van der Waals surface area contributed by atoms with Gasteiger partial charge in [-0.1, -0.05) is 55.3 Å². The number of fused-ring (bicyclic) bond motifs is 3. The number of carbonyl (C=O) groups excluding carboxylic acids is 1. The Morgan fingerprint density at radius 1 is 0.972 bits per heavy atom. The molecule has 0 saturated heterocycles. The molecule has 3 aromatic carbocycles. The van der Waals surface area contributed by atoms with Gasteiger partial charge in [-0.2, -0.15) is 0 Å². The van der Waals surface area contributed by atoms with Gasteiger partial charge in [0.25, 0.3) is 0 Å². The van der Waals surface area contributed by atoms with Crippen molar-refractivity contribution >= 4 is 5.91 Å². The van der Waals surface area contributed by atoms with Gasteiger partial charge in [0.05, 0.1) is 6.04 Å². The molecule has 3 atom stereocenters. The first-order valence-electron chi connectivity index (χ1n) is 12.8. The minimum atomic E-state index is -0.643. The molecule has 0 heterocycles. The molecule has 0 radical (unpaired) electrons. The number of carbonyl (C=O) groups is 1. The van der Waals surface area contributed by atoms with E-state index in [0.717, 1.165) is 6.07 Å². The Labute approximate surface area is 211 Å². The van der Waals surface area contributed by atoms with Crippen LogP contribution in [0.25, 0.3) is 11.1 Å². The summed E-state index contributed by atoms with van der Waals surface area (Å²) >= 11 is 0. The van der Waals surface area contributed by atoms with Crippen molar-refractivity contribution in [3.63, 3.8) is 0 Å². The van der Waals surface area contributed by atoms with Crippen LogP contribution in [0, 0.1) is 11.6 Å². The molecule has 0 bridgehead atoms. The van der Waals surface area contributed by atoms with Crippen LogP contribution in [-0.4, -0.2) is 24.5 Å². The number of halogens is 2. The third kappa shape index (κ3) is 5.20. The van der Waals surface area contributed by atoms with E-state index in [0.29, 0.717) is 18.0 Å². The third-order valence-corrected chi connectivity index (χ3v) is 7.62. The number of rotatable bonds is 8. The van der Waals surface area contributed by atoms with Crippen LogP contribution in [0.5, 0.6) is 0 Å². The van der Waals surface area contributed by atoms with Gasteiger partial charge in [-0.25, -0.2) is 8.78 Å². The van der Waals surface area contributed by atoms with Crippen LogP contribution in [0.15, 0.2) is 60.7 Å². The summed E-state index contributed by atoms with van der Waals surface area (Å²) in [5, 5.41) is 6.53. The van der Waals surface area contributed by atoms with E-state index >= 15 is 0 Å².